The van der Waals surface area contributed by atoms with Gasteiger partial charge in [-0.15, -0.1) is 0 Å². The minimum Gasteiger partial charge on any atom is -0.307 e. The molecule has 1 rings (SSSR count). The molecular weight excluding hydrogens is 198 g/mol. The Labute approximate surface area is 86.2 Å². The van der Waals surface area contributed by atoms with E-state index in [4.69, 9.17) is 5.84 Å². The number of nitro groups is 1. The van der Waals surface area contributed by atoms with Gasteiger partial charge in [-0.1, -0.05) is 6.07 Å². The van der Waals surface area contributed by atoms with Crippen molar-refractivity contribution in [1.82, 2.24) is 10.4 Å². The fraction of sp³-hybridized carbons (Fsp3) is 0.250. The van der Waals surface area contributed by atoms with E-state index in [0.29, 0.717) is 6.54 Å². The zero-order valence-electron chi connectivity index (χ0n) is 7.96. The summed E-state index contributed by atoms with van der Waals surface area (Å²) in [5.41, 5.74) is 3.06. The zero-order valence-corrected chi connectivity index (χ0v) is 7.96. The number of pyridine rings is 1. The summed E-state index contributed by atoms with van der Waals surface area (Å²) in [6.07, 6.45) is 3.29. The van der Waals surface area contributed by atoms with E-state index in [1.807, 2.05) is 6.07 Å². The molecule has 15 heavy (non-hydrogen) atoms. The summed E-state index contributed by atoms with van der Waals surface area (Å²) in [5, 5.41) is 10.2. The molecule has 7 heteroatoms. The molecule has 0 radical (unpaired) electrons. The van der Waals surface area contributed by atoms with Gasteiger partial charge in [0.25, 0.3) is 6.54 Å². The summed E-state index contributed by atoms with van der Waals surface area (Å²) >= 11 is 0. The van der Waals surface area contributed by atoms with Crippen LogP contribution in [0.3, 0.4) is 0 Å². The Morgan fingerprint density at radius 2 is 2.53 bits per heavy atom. The van der Waals surface area contributed by atoms with Crippen LogP contribution in [0.5, 0.6) is 0 Å². The lowest BCUT2D eigenvalue weighted by molar-refractivity contribution is -0.463. The topological polar surface area (TPSA) is 106 Å². The van der Waals surface area contributed by atoms with E-state index < -0.39 is 11.5 Å². The van der Waals surface area contributed by atoms with Crippen molar-refractivity contribution in [3.8, 4) is 0 Å². The molecule has 1 heterocycles. The minimum absolute atomic E-state index is 0.142. The summed E-state index contributed by atoms with van der Waals surface area (Å²) in [4.78, 5) is 17.5. The summed E-state index contributed by atoms with van der Waals surface area (Å²) in [6.45, 7) is -0.0853. The number of hydrazine groups is 1. The number of nitrogens with zero attached hydrogens (tertiary/aromatic N) is 3. The Bertz CT molecular complexity index is 351. The maximum absolute atomic E-state index is 10.2. The lowest BCUT2D eigenvalue weighted by Crippen LogP contribution is -2.35. The Morgan fingerprint density at radius 3 is 3.07 bits per heavy atom. The number of nitrogens with two attached hydrogens (primary N) is 1. The van der Waals surface area contributed by atoms with Gasteiger partial charge in [0.2, 0.25) is 0 Å². The summed E-state index contributed by atoms with van der Waals surface area (Å²) in [7, 11) is 0. The third kappa shape index (κ3) is 4.14. The highest BCUT2D eigenvalue weighted by atomic mass is 16.6. The van der Waals surface area contributed by atoms with Crippen LogP contribution in [-0.2, 0) is 6.54 Å². The Balaban J connectivity index is 2.58. The monoisotopic (exact) mass is 209 g/mol. The quantitative estimate of drug-likeness (QED) is 0.233. The molecule has 80 valence electrons. The normalized spacial score (nSPS) is 11.1. The number of hydrogen-bond donors (Lipinski definition) is 2. The van der Waals surface area contributed by atoms with Gasteiger partial charge in [0.05, 0.1) is 6.54 Å². The van der Waals surface area contributed by atoms with Gasteiger partial charge in [0, 0.05) is 17.3 Å². The van der Waals surface area contributed by atoms with Gasteiger partial charge in [0.1, 0.15) is 0 Å². The van der Waals surface area contributed by atoms with Gasteiger partial charge >= 0.3 is 0 Å². The fourth-order valence-electron chi connectivity index (χ4n) is 0.942. The first-order chi connectivity index (χ1) is 7.22. The summed E-state index contributed by atoms with van der Waals surface area (Å²) in [6, 6.07) is 3.60. The van der Waals surface area contributed by atoms with Crippen LogP contribution in [0.15, 0.2) is 29.5 Å². The third-order valence-corrected chi connectivity index (χ3v) is 1.62. The van der Waals surface area contributed by atoms with Gasteiger partial charge in [-0.3, -0.25) is 20.1 Å². The van der Waals surface area contributed by atoms with E-state index in [1.54, 1.807) is 18.5 Å². The molecule has 0 fully saturated rings. The average molecular weight is 209 g/mol. The molecule has 1 aromatic heterocycles. The van der Waals surface area contributed by atoms with Crippen molar-refractivity contribution in [3.63, 3.8) is 0 Å². The second-order valence-corrected chi connectivity index (χ2v) is 2.76. The molecule has 0 spiro atoms. The highest BCUT2D eigenvalue weighted by Gasteiger charge is 2.04. The molecule has 0 aromatic carbocycles. The summed E-state index contributed by atoms with van der Waals surface area (Å²) in [5.74, 6) is 5.23. The standard InChI is InChI=1S/C8H11N5O2/c9-12-8(6-13(14)15)11-5-7-2-1-3-10-4-7/h1-4H,5-6,9H2,(H,11,12). The van der Waals surface area contributed by atoms with Crippen molar-refractivity contribution in [2.75, 3.05) is 6.54 Å². The predicted octanol–water partition coefficient (Wildman–Crippen LogP) is -0.280. The molecule has 0 saturated heterocycles. The molecule has 0 unspecified atom stereocenters. The molecule has 0 bridgehead atoms. The lowest BCUT2D eigenvalue weighted by atomic mass is 10.3. The maximum atomic E-state index is 10.2. The predicted molar refractivity (Wildman–Crippen MR) is 54.6 cm³/mol. The Kier molecular flexibility index (Phi) is 4.17. The first-order valence-electron chi connectivity index (χ1n) is 4.23. The van der Waals surface area contributed by atoms with Crippen molar-refractivity contribution in [2.24, 2.45) is 10.8 Å². The first-order valence-corrected chi connectivity index (χ1v) is 4.23. The van der Waals surface area contributed by atoms with Crippen molar-refractivity contribution < 1.29 is 4.92 Å². The van der Waals surface area contributed by atoms with Crippen LogP contribution in [0.25, 0.3) is 0 Å². The molecule has 7 nitrogen and oxygen atoms in total. The number of rotatable bonds is 4. The minimum atomic E-state index is -0.498. The van der Waals surface area contributed by atoms with Gasteiger partial charge in [-0.2, -0.15) is 0 Å². The van der Waals surface area contributed by atoms with Crippen LogP contribution in [0, 0.1) is 10.1 Å². The lowest BCUT2D eigenvalue weighted by Gasteiger charge is -2.00. The number of amidine groups is 1. The van der Waals surface area contributed by atoms with Gasteiger partial charge in [0.15, 0.2) is 5.84 Å². The molecular formula is C8H11N5O2. The van der Waals surface area contributed by atoms with Crippen LogP contribution in [0.4, 0.5) is 0 Å². The molecule has 0 saturated carbocycles. The van der Waals surface area contributed by atoms with Crippen molar-refractivity contribution in [1.29, 1.82) is 0 Å². The van der Waals surface area contributed by atoms with E-state index >= 15 is 0 Å². The Hall–Kier alpha value is -2.02. The summed E-state index contributed by atoms with van der Waals surface area (Å²) < 4.78 is 0. The van der Waals surface area contributed by atoms with E-state index in [-0.39, 0.29) is 5.84 Å². The van der Waals surface area contributed by atoms with Crippen LogP contribution in [-0.4, -0.2) is 22.3 Å². The van der Waals surface area contributed by atoms with Crippen LogP contribution in [0.2, 0.25) is 0 Å². The van der Waals surface area contributed by atoms with Crippen molar-refractivity contribution in [3.05, 3.63) is 40.2 Å². The van der Waals surface area contributed by atoms with Crippen LogP contribution < -0.4 is 11.3 Å². The third-order valence-electron chi connectivity index (χ3n) is 1.62. The van der Waals surface area contributed by atoms with E-state index in [1.165, 1.54) is 0 Å². The first kappa shape index (κ1) is 11.1. The molecule has 1 aromatic rings. The van der Waals surface area contributed by atoms with Crippen molar-refractivity contribution in [2.45, 2.75) is 6.54 Å². The second-order valence-electron chi connectivity index (χ2n) is 2.76. The highest BCUT2D eigenvalue weighted by Crippen LogP contribution is 1.97. The highest BCUT2D eigenvalue weighted by molar-refractivity contribution is 5.82. The SMILES string of the molecule is NNC(C[N+](=O)[O-])=NCc1cccnc1. The molecule has 3 N–H and O–H groups in total. The van der Waals surface area contributed by atoms with Gasteiger partial charge < -0.3 is 5.43 Å². The average Bonchev–Trinajstić information content (AvgIpc) is 2.25. The van der Waals surface area contributed by atoms with E-state index in [0.717, 1.165) is 5.56 Å². The molecule has 0 atom stereocenters. The number of aromatic nitrogens is 1. The smallest absolute Gasteiger partial charge is 0.261 e. The van der Waals surface area contributed by atoms with Crippen molar-refractivity contribution >= 4 is 5.84 Å². The van der Waals surface area contributed by atoms with E-state index in [9.17, 15) is 10.1 Å². The molecule has 0 aliphatic rings. The van der Waals surface area contributed by atoms with Crippen LogP contribution in [0.1, 0.15) is 5.56 Å². The van der Waals surface area contributed by atoms with Crippen LogP contribution >= 0.6 is 0 Å². The largest absolute Gasteiger partial charge is 0.307 e. The maximum Gasteiger partial charge on any atom is 0.261 e. The van der Waals surface area contributed by atoms with E-state index in [2.05, 4.69) is 15.4 Å². The van der Waals surface area contributed by atoms with Gasteiger partial charge in [-0.25, -0.2) is 5.84 Å². The number of hydrogen-bond acceptors (Lipinski definition) is 5. The van der Waals surface area contributed by atoms with Gasteiger partial charge in [-0.05, 0) is 11.6 Å². The number of aliphatic imine (C=N–C) groups is 1. The molecule has 0 aliphatic carbocycles. The molecule has 0 amide bonds. The second kappa shape index (κ2) is 5.66. The number of nitrogens with one attached hydrogen (secondary N) is 1. The molecule has 0 aliphatic heterocycles. The zero-order chi connectivity index (χ0) is 11.1. The Morgan fingerprint density at radius 1 is 1.73 bits per heavy atom. The fourth-order valence-corrected chi connectivity index (χ4v) is 0.942.